The Bertz CT molecular complexity index is 356. The molecule has 19 heavy (non-hydrogen) atoms. The van der Waals surface area contributed by atoms with Gasteiger partial charge in [0.1, 0.15) is 0 Å². The molecule has 108 valence electrons. The highest BCUT2D eigenvalue weighted by Gasteiger charge is 2.19. The van der Waals surface area contributed by atoms with Crippen LogP contribution in [0, 0.1) is 5.92 Å². The highest BCUT2D eigenvalue weighted by Crippen LogP contribution is 2.19. The Morgan fingerprint density at radius 1 is 1.37 bits per heavy atom. The van der Waals surface area contributed by atoms with E-state index >= 15 is 0 Å². The summed E-state index contributed by atoms with van der Waals surface area (Å²) in [4.78, 5) is 7.23. The van der Waals surface area contributed by atoms with E-state index in [2.05, 4.69) is 34.4 Å². The van der Waals surface area contributed by atoms with Crippen LogP contribution in [-0.2, 0) is 13.0 Å². The zero-order valence-electron chi connectivity index (χ0n) is 12.3. The summed E-state index contributed by atoms with van der Waals surface area (Å²) in [6.45, 7) is 10.3. The number of likely N-dealkylation sites (tertiary alicyclic amines) is 1. The van der Waals surface area contributed by atoms with E-state index in [0.717, 1.165) is 18.9 Å². The molecule has 3 nitrogen and oxygen atoms in total. The molecule has 1 aliphatic rings. The van der Waals surface area contributed by atoms with Crippen molar-refractivity contribution in [1.82, 2.24) is 15.2 Å². The van der Waals surface area contributed by atoms with Gasteiger partial charge in [0.2, 0.25) is 0 Å². The van der Waals surface area contributed by atoms with Crippen molar-refractivity contribution in [3.63, 3.8) is 0 Å². The summed E-state index contributed by atoms with van der Waals surface area (Å²) >= 11 is 1.80. The van der Waals surface area contributed by atoms with Crippen LogP contribution in [0.1, 0.15) is 43.8 Å². The maximum absolute atomic E-state index is 4.67. The predicted molar refractivity (Wildman–Crippen MR) is 82.7 cm³/mol. The Hall–Kier alpha value is -0.450. The molecule has 4 heteroatoms. The lowest BCUT2D eigenvalue weighted by Gasteiger charge is -2.31. The molecular formula is C15H27N3S. The van der Waals surface area contributed by atoms with Gasteiger partial charge in [-0.3, -0.25) is 4.90 Å². The molecule has 1 aromatic rings. The van der Waals surface area contributed by atoms with E-state index in [-0.39, 0.29) is 0 Å². The second-order valence-corrected chi connectivity index (χ2v) is 6.45. The standard InChI is InChI=1S/C15H27N3S/c1-3-7-16-10-13-5-8-18(9-6-13)11-14-12-19-15(4-2)17-14/h12-13,16H,3-11H2,1-2H3. The molecule has 0 spiro atoms. The van der Waals surface area contributed by atoms with Gasteiger partial charge in [0.25, 0.3) is 0 Å². The van der Waals surface area contributed by atoms with Gasteiger partial charge in [0.05, 0.1) is 10.7 Å². The average Bonchev–Trinajstić information content (AvgIpc) is 2.89. The number of nitrogens with zero attached hydrogens (tertiary/aromatic N) is 2. The van der Waals surface area contributed by atoms with Crippen LogP contribution in [0.15, 0.2) is 5.38 Å². The molecule has 0 saturated carbocycles. The summed E-state index contributed by atoms with van der Waals surface area (Å²) < 4.78 is 0. The second kappa shape index (κ2) is 7.98. The molecule has 1 saturated heterocycles. The SMILES string of the molecule is CCCNCC1CCN(Cc2csc(CC)n2)CC1. The van der Waals surface area contributed by atoms with Gasteiger partial charge in [-0.05, 0) is 57.8 Å². The third kappa shape index (κ3) is 4.86. The molecule has 0 aliphatic carbocycles. The highest BCUT2D eigenvalue weighted by molar-refractivity contribution is 7.09. The molecule has 1 aliphatic heterocycles. The van der Waals surface area contributed by atoms with Crippen molar-refractivity contribution in [3.05, 3.63) is 16.1 Å². The smallest absolute Gasteiger partial charge is 0.0926 e. The molecule has 0 aromatic carbocycles. The number of piperidine rings is 1. The van der Waals surface area contributed by atoms with Gasteiger partial charge >= 0.3 is 0 Å². The molecule has 1 N–H and O–H groups in total. The van der Waals surface area contributed by atoms with Crippen molar-refractivity contribution < 1.29 is 0 Å². The first-order valence-electron chi connectivity index (χ1n) is 7.68. The topological polar surface area (TPSA) is 28.2 Å². The summed E-state index contributed by atoms with van der Waals surface area (Å²) in [5.74, 6) is 0.879. The van der Waals surface area contributed by atoms with Gasteiger partial charge in [-0.1, -0.05) is 13.8 Å². The van der Waals surface area contributed by atoms with E-state index < -0.39 is 0 Å². The maximum atomic E-state index is 4.67. The third-order valence-electron chi connectivity index (χ3n) is 3.85. The summed E-state index contributed by atoms with van der Waals surface area (Å²) in [6, 6.07) is 0. The molecule has 2 heterocycles. The second-order valence-electron chi connectivity index (χ2n) is 5.51. The van der Waals surface area contributed by atoms with E-state index in [1.54, 1.807) is 11.3 Å². The van der Waals surface area contributed by atoms with Gasteiger partial charge in [-0.25, -0.2) is 4.98 Å². The number of rotatable bonds is 7. The zero-order valence-corrected chi connectivity index (χ0v) is 13.1. The lowest BCUT2D eigenvalue weighted by Crippen LogP contribution is -2.37. The van der Waals surface area contributed by atoms with E-state index in [0.29, 0.717) is 0 Å². The summed E-state index contributed by atoms with van der Waals surface area (Å²) in [5, 5.41) is 7.05. The normalized spacial score (nSPS) is 18.0. The lowest BCUT2D eigenvalue weighted by atomic mass is 9.96. The number of hydrogen-bond donors (Lipinski definition) is 1. The van der Waals surface area contributed by atoms with Crippen molar-refractivity contribution in [1.29, 1.82) is 0 Å². The molecule has 1 aromatic heterocycles. The quantitative estimate of drug-likeness (QED) is 0.779. The monoisotopic (exact) mass is 281 g/mol. The molecule has 0 radical (unpaired) electrons. The van der Waals surface area contributed by atoms with Crippen molar-refractivity contribution in [2.45, 2.75) is 46.1 Å². The van der Waals surface area contributed by atoms with E-state index in [1.165, 1.54) is 56.1 Å². The Labute approximate surface area is 121 Å². The van der Waals surface area contributed by atoms with E-state index in [1.807, 2.05) is 0 Å². The minimum Gasteiger partial charge on any atom is -0.316 e. The van der Waals surface area contributed by atoms with Gasteiger partial charge in [-0.2, -0.15) is 0 Å². The van der Waals surface area contributed by atoms with Gasteiger partial charge in [0.15, 0.2) is 0 Å². The summed E-state index contributed by atoms with van der Waals surface area (Å²) in [5.41, 5.74) is 1.27. The van der Waals surface area contributed by atoms with Crippen LogP contribution in [0.3, 0.4) is 0 Å². The van der Waals surface area contributed by atoms with E-state index in [9.17, 15) is 0 Å². The first-order valence-corrected chi connectivity index (χ1v) is 8.56. The number of aromatic nitrogens is 1. The van der Waals surface area contributed by atoms with Crippen LogP contribution >= 0.6 is 11.3 Å². The van der Waals surface area contributed by atoms with Crippen molar-refractivity contribution in [2.75, 3.05) is 26.2 Å². The van der Waals surface area contributed by atoms with Crippen LogP contribution < -0.4 is 5.32 Å². The molecule has 0 unspecified atom stereocenters. The predicted octanol–water partition coefficient (Wildman–Crippen LogP) is 2.92. The summed E-state index contributed by atoms with van der Waals surface area (Å²) in [6.07, 6.45) is 4.97. The number of nitrogens with one attached hydrogen (secondary N) is 1. The fraction of sp³-hybridized carbons (Fsp3) is 0.800. The molecule has 0 amide bonds. The van der Waals surface area contributed by atoms with Gasteiger partial charge in [-0.15, -0.1) is 11.3 Å². The Morgan fingerprint density at radius 3 is 2.79 bits per heavy atom. The molecule has 0 atom stereocenters. The molecule has 2 rings (SSSR count). The summed E-state index contributed by atoms with van der Waals surface area (Å²) in [7, 11) is 0. The molecule has 0 bridgehead atoms. The first-order chi connectivity index (χ1) is 9.31. The first kappa shape index (κ1) is 14.9. The third-order valence-corrected chi connectivity index (χ3v) is 4.90. The minimum absolute atomic E-state index is 0.879. The Kier molecular flexibility index (Phi) is 6.28. The maximum Gasteiger partial charge on any atom is 0.0926 e. The minimum atomic E-state index is 0.879. The Morgan fingerprint density at radius 2 is 2.16 bits per heavy atom. The fourth-order valence-corrected chi connectivity index (χ4v) is 3.38. The van der Waals surface area contributed by atoms with Crippen molar-refractivity contribution in [2.24, 2.45) is 5.92 Å². The fourth-order valence-electron chi connectivity index (χ4n) is 2.64. The van der Waals surface area contributed by atoms with Crippen LogP contribution in [0.2, 0.25) is 0 Å². The number of thiazole rings is 1. The zero-order chi connectivity index (χ0) is 13.5. The van der Waals surface area contributed by atoms with Crippen molar-refractivity contribution in [3.8, 4) is 0 Å². The molecular weight excluding hydrogens is 254 g/mol. The number of aryl methyl sites for hydroxylation is 1. The Balaban J connectivity index is 1.68. The lowest BCUT2D eigenvalue weighted by molar-refractivity contribution is 0.174. The molecule has 1 fully saturated rings. The van der Waals surface area contributed by atoms with Gasteiger partial charge in [0, 0.05) is 11.9 Å². The van der Waals surface area contributed by atoms with E-state index in [4.69, 9.17) is 0 Å². The van der Waals surface area contributed by atoms with Crippen molar-refractivity contribution >= 4 is 11.3 Å². The van der Waals surface area contributed by atoms with Crippen LogP contribution in [0.5, 0.6) is 0 Å². The highest BCUT2D eigenvalue weighted by atomic mass is 32.1. The van der Waals surface area contributed by atoms with Crippen LogP contribution in [0.25, 0.3) is 0 Å². The largest absolute Gasteiger partial charge is 0.316 e. The average molecular weight is 281 g/mol. The number of hydrogen-bond acceptors (Lipinski definition) is 4. The van der Waals surface area contributed by atoms with Crippen LogP contribution in [0.4, 0.5) is 0 Å². The van der Waals surface area contributed by atoms with Gasteiger partial charge < -0.3 is 5.32 Å². The van der Waals surface area contributed by atoms with Crippen LogP contribution in [-0.4, -0.2) is 36.1 Å².